The van der Waals surface area contributed by atoms with Gasteiger partial charge in [0.15, 0.2) is 11.6 Å². The Morgan fingerprint density at radius 2 is 1.90 bits per heavy atom. The number of aromatic nitrogens is 1. The molecule has 7 heteroatoms. The lowest BCUT2D eigenvalue weighted by Crippen LogP contribution is -2.11. The number of hydrogen-bond acceptors (Lipinski definition) is 3. The smallest absolute Gasteiger partial charge is 0.433 e. The Morgan fingerprint density at radius 1 is 1.19 bits per heavy atom. The lowest BCUT2D eigenvalue weighted by atomic mass is 10.2. The summed E-state index contributed by atoms with van der Waals surface area (Å²) in [5.74, 6) is -1.20. The van der Waals surface area contributed by atoms with Gasteiger partial charge in [-0.15, -0.1) is 0 Å². The number of hydrogen-bond donors (Lipinski definition) is 1. The fourth-order valence-electron chi connectivity index (χ4n) is 1.67. The Hall–Kier alpha value is -2.15. The molecule has 0 amide bonds. The van der Waals surface area contributed by atoms with Crippen LogP contribution in [-0.2, 0) is 12.7 Å². The number of nitrogens with two attached hydrogens (primary N) is 1. The Bertz CT molecular complexity index is 656. The van der Waals surface area contributed by atoms with Crippen molar-refractivity contribution < 1.29 is 22.3 Å². The van der Waals surface area contributed by atoms with Crippen LogP contribution in [0, 0.1) is 12.7 Å². The van der Waals surface area contributed by atoms with Gasteiger partial charge in [0, 0.05) is 12.1 Å². The molecule has 0 aliphatic carbocycles. The van der Waals surface area contributed by atoms with Gasteiger partial charge < -0.3 is 10.5 Å². The molecule has 2 rings (SSSR count). The third-order valence-corrected chi connectivity index (χ3v) is 2.81. The van der Waals surface area contributed by atoms with Crippen LogP contribution in [0.2, 0.25) is 0 Å². The van der Waals surface area contributed by atoms with Crippen LogP contribution in [0.1, 0.15) is 16.8 Å². The number of rotatable bonds is 3. The standard InChI is InChI=1S/C14H12F4N2O/c1-8-3-2-4-10(12(8)15)21-13-9(7-19)5-6-11(20-13)14(16,17)18/h2-6H,7,19H2,1H3. The predicted molar refractivity (Wildman–Crippen MR) is 68.3 cm³/mol. The minimum absolute atomic E-state index is 0.0755. The van der Waals surface area contributed by atoms with E-state index in [0.29, 0.717) is 5.56 Å². The quantitative estimate of drug-likeness (QED) is 0.877. The molecular formula is C14H12F4N2O. The van der Waals surface area contributed by atoms with Gasteiger partial charge in [-0.25, -0.2) is 9.37 Å². The zero-order valence-electron chi connectivity index (χ0n) is 11.0. The Morgan fingerprint density at radius 3 is 2.52 bits per heavy atom. The van der Waals surface area contributed by atoms with Gasteiger partial charge in [-0.1, -0.05) is 18.2 Å². The van der Waals surface area contributed by atoms with E-state index < -0.39 is 17.7 Å². The first kappa shape index (κ1) is 15.2. The van der Waals surface area contributed by atoms with E-state index in [1.54, 1.807) is 0 Å². The Kier molecular flexibility index (Phi) is 4.13. The molecule has 0 unspecified atom stereocenters. The van der Waals surface area contributed by atoms with E-state index in [0.717, 1.165) is 6.07 Å². The summed E-state index contributed by atoms with van der Waals surface area (Å²) in [6, 6.07) is 6.33. The molecule has 0 atom stereocenters. The Labute approximate surface area is 118 Å². The van der Waals surface area contributed by atoms with Gasteiger partial charge in [0.2, 0.25) is 5.88 Å². The first-order valence-electron chi connectivity index (χ1n) is 6.03. The van der Waals surface area contributed by atoms with Gasteiger partial charge in [-0.3, -0.25) is 0 Å². The van der Waals surface area contributed by atoms with E-state index in [1.165, 1.54) is 31.2 Å². The highest BCUT2D eigenvalue weighted by Gasteiger charge is 2.33. The van der Waals surface area contributed by atoms with Gasteiger partial charge in [0.05, 0.1) is 0 Å². The van der Waals surface area contributed by atoms with Crippen molar-refractivity contribution in [1.82, 2.24) is 4.98 Å². The SMILES string of the molecule is Cc1cccc(Oc2nc(C(F)(F)F)ccc2CN)c1F. The van der Waals surface area contributed by atoms with E-state index >= 15 is 0 Å². The molecule has 0 aliphatic heterocycles. The molecule has 0 fully saturated rings. The van der Waals surface area contributed by atoms with Crippen LogP contribution in [0.25, 0.3) is 0 Å². The molecule has 112 valence electrons. The maximum atomic E-state index is 13.9. The highest BCUT2D eigenvalue weighted by Crippen LogP contribution is 2.32. The number of nitrogens with zero attached hydrogens (tertiary/aromatic N) is 1. The first-order chi connectivity index (χ1) is 9.82. The van der Waals surface area contributed by atoms with Crippen molar-refractivity contribution in [2.45, 2.75) is 19.6 Å². The van der Waals surface area contributed by atoms with Crippen LogP contribution in [0.4, 0.5) is 17.6 Å². The van der Waals surface area contributed by atoms with E-state index in [4.69, 9.17) is 10.5 Å². The summed E-state index contributed by atoms with van der Waals surface area (Å²) in [4.78, 5) is 3.39. The van der Waals surface area contributed by atoms with Crippen LogP contribution in [0.3, 0.4) is 0 Å². The molecule has 0 spiro atoms. The molecule has 0 aliphatic rings. The second-order valence-corrected chi connectivity index (χ2v) is 4.35. The number of benzene rings is 1. The minimum Gasteiger partial charge on any atom is -0.436 e. The minimum atomic E-state index is -4.61. The molecule has 0 bridgehead atoms. The second-order valence-electron chi connectivity index (χ2n) is 4.35. The average molecular weight is 300 g/mol. The van der Waals surface area contributed by atoms with Gasteiger partial charge in [0.1, 0.15) is 5.69 Å². The third kappa shape index (κ3) is 3.30. The van der Waals surface area contributed by atoms with Crippen molar-refractivity contribution in [2.75, 3.05) is 0 Å². The zero-order chi connectivity index (χ0) is 15.6. The van der Waals surface area contributed by atoms with Gasteiger partial charge in [-0.2, -0.15) is 13.2 Å². The fourth-order valence-corrected chi connectivity index (χ4v) is 1.67. The molecule has 1 aromatic heterocycles. The zero-order valence-corrected chi connectivity index (χ0v) is 11.0. The molecule has 3 nitrogen and oxygen atoms in total. The van der Waals surface area contributed by atoms with Gasteiger partial charge >= 0.3 is 6.18 Å². The maximum absolute atomic E-state index is 13.9. The highest BCUT2D eigenvalue weighted by atomic mass is 19.4. The number of pyridine rings is 1. The van der Waals surface area contributed by atoms with Crippen LogP contribution in [0.15, 0.2) is 30.3 Å². The molecule has 1 heterocycles. The van der Waals surface area contributed by atoms with Crippen molar-refractivity contribution in [3.63, 3.8) is 0 Å². The topological polar surface area (TPSA) is 48.1 Å². The predicted octanol–water partition coefficient (Wildman–Crippen LogP) is 3.80. The summed E-state index contributed by atoms with van der Waals surface area (Å²) in [5.41, 5.74) is 4.88. The number of ether oxygens (including phenoxy) is 1. The first-order valence-corrected chi connectivity index (χ1v) is 6.03. The van der Waals surface area contributed by atoms with Crippen molar-refractivity contribution >= 4 is 0 Å². The summed E-state index contributed by atoms with van der Waals surface area (Å²) in [6.45, 7) is 1.44. The van der Waals surface area contributed by atoms with Gasteiger partial charge in [0.25, 0.3) is 0 Å². The number of alkyl halides is 3. The van der Waals surface area contributed by atoms with E-state index in [2.05, 4.69) is 4.98 Å². The normalized spacial score (nSPS) is 11.5. The summed E-state index contributed by atoms with van der Waals surface area (Å²) < 4.78 is 57.0. The summed E-state index contributed by atoms with van der Waals surface area (Å²) in [5, 5.41) is 0. The van der Waals surface area contributed by atoms with Crippen molar-refractivity contribution in [3.8, 4) is 11.6 Å². The van der Waals surface area contributed by atoms with Crippen molar-refractivity contribution in [3.05, 3.63) is 53.0 Å². The molecule has 0 saturated carbocycles. The number of aryl methyl sites for hydroxylation is 1. The fraction of sp³-hybridized carbons (Fsp3) is 0.214. The molecule has 0 saturated heterocycles. The van der Waals surface area contributed by atoms with Crippen LogP contribution >= 0.6 is 0 Å². The lowest BCUT2D eigenvalue weighted by molar-refractivity contribution is -0.141. The lowest BCUT2D eigenvalue weighted by Gasteiger charge is -2.13. The van der Waals surface area contributed by atoms with Crippen LogP contribution in [-0.4, -0.2) is 4.98 Å². The van der Waals surface area contributed by atoms with Gasteiger partial charge in [-0.05, 0) is 24.6 Å². The van der Waals surface area contributed by atoms with Crippen LogP contribution < -0.4 is 10.5 Å². The molecule has 1 aromatic carbocycles. The van der Waals surface area contributed by atoms with E-state index in [9.17, 15) is 17.6 Å². The molecule has 0 radical (unpaired) electrons. The van der Waals surface area contributed by atoms with Crippen molar-refractivity contribution in [2.24, 2.45) is 5.73 Å². The highest BCUT2D eigenvalue weighted by molar-refractivity contribution is 5.37. The van der Waals surface area contributed by atoms with E-state index in [1.807, 2.05) is 0 Å². The molecular weight excluding hydrogens is 288 g/mol. The second kappa shape index (κ2) is 5.69. The average Bonchev–Trinajstić information content (AvgIpc) is 2.43. The summed E-state index contributed by atoms with van der Waals surface area (Å²) in [6.07, 6.45) is -4.61. The van der Waals surface area contributed by atoms with Crippen LogP contribution in [0.5, 0.6) is 11.6 Å². The van der Waals surface area contributed by atoms with E-state index in [-0.39, 0.29) is 23.7 Å². The summed E-state index contributed by atoms with van der Waals surface area (Å²) >= 11 is 0. The number of halogens is 4. The van der Waals surface area contributed by atoms with Crippen molar-refractivity contribution in [1.29, 1.82) is 0 Å². The largest absolute Gasteiger partial charge is 0.436 e. The Balaban J connectivity index is 2.44. The molecule has 21 heavy (non-hydrogen) atoms. The third-order valence-electron chi connectivity index (χ3n) is 2.81. The summed E-state index contributed by atoms with van der Waals surface area (Å²) in [7, 11) is 0. The monoisotopic (exact) mass is 300 g/mol. The maximum Gasteiger partial charge on any atom is 0.433 e. The molecule has 2 aromatic rings. The molecule has 2 N–H and O–H groups in total.